The number of aryl methyl sites for hydroxylation is 1. The van der Waals surface area contributed by atoms with Crippen molar-refractivity contribution in [3.05, 3.63) is 22.7 Å². The zero-order valence-corrected chi connectivity index (χ0v) is 11.0. The van der Waals surface area contributed by atoms with Crippen LogP contribution in [0.5, 0.6) is 5.75 Å². The molecular weight excluding hydrogens is 242 g/mol. The first-order chi connectivity index (χ1) is 7.99. The van der Waals surface area contributed by atoms with E-state index in [1.165, 1.54) is 0 Å². The maximum atomic E-state index is 9.43. The highest BCUT2D eigenvalue weighted by Gasteiger charge is 2.14. The predicted molar refractivity (Wildman–Crippen MR) is 69.1 cm³/mol. The largest absolute Gasteiger partial charge is 0.494 e. The van der Waals surface area contributed by atoms with Gasteiger partial charge in [0.05, 0.1) is 25.5 Å². The molecule has 1 aromatic carbocycles. The quantitative estimate of drug-likeness (QED) is 0.840. The molecule has 0 radical (unpaired) electrons. The van der Waals surface area contributed by atoms with Gasteiger partial charge in [-0.1, -0.05) is 11.6 Å². The van der Waals surface area contributed by atoms with Crippen molar-refractivity contribution in [1.82, 2.24) is 0 Å². The molecule has 0 saturated heterocycles. The minimum atomic E-state index is -0.788. The third-order valence-electron chi connectivity index (χ3n) is 2.53. The molecule has 0 heterocycles. The molecule has 17 heavy (non-hydrogen) atoms. The number of halogens is 1. The van der Waals surface area contributed by atoms with E-state index in [4.69, 9.17) is 21.4 Å². The average molecular weight is 260 g/mol. The van der Waals surface area contributed by atoms with Gasteiger partial charge in [0, 0.05) is 18.6 Å². The SMILES string of the molecule is COc1c(C)cc(Cl)cc1N(C)CC(O)CO. The van der Waals surface area contributed by atoms with Crippen LogP contribution in [0.15, 0.2) is 12.1 Å². The Morgan fingerprint density at radius 1 is 1.47 bits per heavy atom. The summed E-state index contributed by atoms with van der Waals surface area (Å²) in [5.41, 5.74) is 1.73. The van der Waals surface area contributed by atoms with Gasteiger partial charge in [-0.25, -0.2) is 0 Å². The molecule has 0 spiro atoms. The van der Waals surface area contributed by atoms with E-state index in [1.54, 1.807) is 18.1 Å². The van der Waals surface area contributed by atoms with Gasteiger partial charge in [0.1, 0.15) is 5.75 Å². The van der Waals surface area contributed by atoms with Gasteiger partial charge in [0.2, 0.25) is 0 Å². The van der Waals surface area contributed by atoms with Crippen LogP contribution >= 0.6 is 11.6 Å². The number of aliphatic hydroxyl groups excluding tert-OH is 2. The number of nitrogens with zero attached hydrogens (tertiary/aromatic N) is 1. The first-order valence-electron chi connectivity index (χ1n) is 5.33. The number of anilines is 1. The highest BCUT2D eigenvalue weighted by atomic mass is 35.5. The number of benzene rings is 1. The zero-order valence-electron chi connectivity index (χ0n) is 10.3. The first-order valence-corrected chi connectivity index (χ1v) is 5.71. The molecule has 0 amide bonds. The molecule has 0 saturated carbocycles. The van der Waals surface area contributed by atoms with Crippen LogP contribution in [0.25, 0.3) is 0 Å². The van der Waals surface area contributed by atoms with Gasteiger partial charge in [0.15, 0.2) is 0 Å². The van der Waals surface area contributed by atoms with Gasteiger partial charge in [-0.3, -0.25) is 0 Å². The smallest absolute Gasteiger partial charge is 0.145 e. The highest BCUT2D eigenvalue weighted by molar-refractivity contribution is 6.31. The van der Waals surface area contributed by atoms with Gasteiger partial charge >= 0.3 is 0 Å². The fraction of sp³-hybridized carbons (Fsp3) is 0.500. The van der Waals surface area contributed by atoms with E-state index < -0.39 is 6.10 Å². The second-order valence-electron chi connectivity index (χ2n) is 3.99. The van der Waals surface area contributed by atoms with Crippen LogP contribution in [-0.4, -0.2) is 43.6 Å². The van der Waals surface area contributed by atoms with Crippen molar-refractivity contribution in [3.63, 3.8) is 0 Å². The van der Waals surface area contributed by atoms with Crippen molar-refractivity contribution < 1.29 is 14.9 Å². The van der Waals surface area contributed by atoms with Crippen molar-refractivity contribution >= 4 is 17.3 Å². The van der Waals surface area contributed by atoms with E-state index in [-0.39, 0.29) is 6.61 Å². The summed E-state index contributed by atoms with van der Waals surface area (Å²) >= 11 is 6.00. The predicted octanol–water partition coefficient (Wildman–Crippen LogP) is 1.45. The lowest BCUT2D eigenvalue weighted by Gasteiger charge is -2.24. The molecule has 0 aliphatic carbocycles. The van der Waals surface area contributed by atoms with E-state index in [9.17, 15) is 5.11 Å². The lowest BCUT2D eigenvalue weighted by atomic mass is 10.1. The molecule has 0 aliphatic rings. The average Bonchev–Trinajstić information content (AvgIpc) is 2.27. The molecule has 1 rings (SSSR count). The van der Waals surface area contributed by atoms with Crippen LogP contribution in [0.3, 0.4) is 0 Å². The molecule has 1 aromatic rings. The van der Waals surface area contributed by atoms with Crippen molar-refractivity contribution in [2.75, 3.05) is 32.2 Å². The van der Waals surface area contributed by atoms with Crippen LogP contribution in [0.1, 0.15) is 5.56 Å². The van der Waals surface area contributed by atoms with Crippen LogP contribution in [0.4, 0.5) is 5.69 Å². The maximum absolute atomic E-state index is 9.43. The van der Waals surface area contributed by atoms with E-state index in [0.717, 1.165) is 17.0 Å². The Balaban J connectivity index is 3.02. The van der Waals surface area contributed by atoms with Crippen LogP contribution in [0, 0.1) is 6.92 Å². The summed E-state index contributed by atoms with van der Waals surface area (Å²) in [6.45, 7) is 1.95. The summed E-state index contributed by atoms with van der Waals surface area (Å²) in [7, 11) is 3.41. The molecular formula is C12H18ClNO3. The normalized spacial score (nSPS) is 12.4. The first kappa shape index (κ1) is 14.1. The second kappa shape index (κ2) is 6.10. The molecule has 0 aliphatic heterocycles. The van der Waals surface area contributed by atoms with Gasteiger partial charge in [-0.15, -0.1) is 0 Å². The van der Waals surface area contributed by atoms with Crippen molar-refractivity contribution in [2.24, 2.45) is 0 Å². The number of ether oxygens (including phenoxy) is 1. The monoisotopic (exact) mass is 259 g/mol. The molecule has 1 atom stereocenters. The lowest BCUT2D eigenvalue weighted by molar-refractivity contribution is 0.101. The minimum Gasteiger partial charge on any atom is -0.494 e. The Morgan fingerprint density at radius 2 is 2.12 bits per heavy atom. The Morgan fingerprint density at radius 3 is 2.65 bits per heavy atom. The molecule has 0 fully saturated rings. The Bertz CT molecular complexity index is 384. The number of methoxy groups -OCH3 is 1. The molecule has 2 N–H and O–H groups in total. The lowest BCUT2D eigenvalue weighted by Crippen LogP contribution is -2.31. The molecule has 0 bridgehead atoms. The highest BCUT2D eigenvalue weighted by Crippen LogP contribution is 2.34. The summed E-state index contributed by atoms with van der Waals surface area (Å²) in [4.78, 5) is 1.80. The third kappa shape index (κ3) is 3.49. The van der Waals surface area contributed by atoms with Gasteiger partial charge < -0.3 is 19.8 Å². The standard InChI is InChI=1S/C12H18ClNO3/c1-8-4-9(13)5-11(12(8)17-3)14(2)6-10(16)7-15/h4-5,10,15-16H,6-7H2,1-3H3. The molecule has 5 heteroatoms. The summed E-state index contributed by atoms with van der Waals surface area (Å²) in [5.74, 6) is 0.724. The van der Waals surface area contributed by atoms with Crippen molar-refractivity contribution in [3.8, 4) is 5.75 Å². The minimum absolute atomic E-state index is 0.272. The zero-order chi connectivity index (χ0) is 13.0. The summed E-state index contributed by atoms with van der Waals surface area (Å²) in [6, 6.07) is 3.59. The van der Waals surface area contributed by atoms with E-state index in [0.29, 0.717) is 11.6 Å². The number of rotatable bonds is 5. The molecule has 96 valence electrons. The van der Waals surface area contributed by atoms with Crippen LogP contribution in [-0.2, 0) is 0 Å². The van der Waals surface area contributed by atoms with Crippen molar-refractivity contribution in [2.45, 2.75) is 13.0 Å². The van der Waals surface area contributed by atoms with Crippen LogP contribution < -0.4 is 9.64 Å². The summed E-state index contributed by atoms with van der Waals surface area (Å²) in [6.07, 6.45) is -0.788. The Hall–Kier alpha value is -0.970. The topological polar surface area (TPSA) is 52.9 Å². The number of hydrogen-bond donors (Lipinski definition) is 2. The molecule has 1 unspecified atom stereocenters. The van der Waals surface area contributed by atoms with Gasteiger partial charge in [0.25, 0.3) is 0 Å². The van der Waals surface area contributed by atoms with E-state index in [1.807, 2.05) is 20.0 Å². The number of likely N-dealkylation sites (N-methyl/N-ethyl adjacent to an activating group) is 1. The Labute approximate surface area is 106 Å². The summed E-state index contributed by atoms with van der Waals surface area (Å²) < 4.78 is 5.32. The molecule has 4 nitrogen and oxygen atoms in total. The van der Waals surface area contributed by atoms with Crippen molar-refractivity contribution in [1.29, 1.82) is 0 Å². The van der Waals surface area contributed by atoms with Crippen LogP contribution in [0.2, 0.25) is 5.02 Å². The van der Waals surface area contributed by atoms with Gasteiger partial charge in [-0.05, 0) is 24.6 Å². The molecule has 0 aromatic heterocycles. The summed E-state index contributed by atoms with van der Waals surface area (Å²) in [5, 5.41) is 18.9. The number of aliphatic hydroxyl groups is 2. The van der Waals surface area contributed by atoms with Gasteiger partial charge in [-0.2, -0.15) is 0 Å². The Kier molecular flexibility index (Phi) is 5.05. The number of hydrogen-bond acceptors (Lipinski definition) is 4. The fourth-order valence-corrected chi connectivity index (χ4v) is 2.00. The fourth-order valence-electron chi connectivity index (χ4n) is 1.73. The maximum Gasteiger partial charge on any atom is 0.145 e. The van der Waals surface area contributed by atoms with E-state index >= 15 is 0 Å². The third-order valence-corrected chi connectivity index (χ3v) is 2.75. The van der Waals surface area contributed by atoms with E-state index in [2.05, 4.69) is 0 Å². The second-order valence-corrected chi connectivity index (χ2v) is 4.43.